The van der Waals surface area contributed by atoms with Crippen LogP contribution >= 0.6 is 0 Å². The average molecular weight is 259 g/mol. The summed E-state index contributed by atoms with van der Waals surface area (Å²) in [5.74, 6) is 2.58. The average Bonchev–Trinajstić information content (AvgIpc) is 2.93. The molecule has 0 aliphatic heterocycles. The Balaban J connectivity index is 2.24. The van der Waals surface area contributed by atoms with Gasteiger partial charge >= 0.3 is 0 Å². The van der Waals surface area contributed by atoms with Crippen LogP contribution in [0.5, 0.6) is 5.75 Å². The Bertz CT molecular complexity index is 519. The molecule has 1 aromatic carbocycles. The highest BCUT2D eigenvalue weighted by Crippen LogP contribution is 2.29. The fourth-order valence-corrected chi connectivity index (χ4v) is 1.99. The van der Waals surface area contributed by atoms with Crippen molar-refractivity contribution in [2.75, 3.05) is 6.61 Å². The van der Waals surface area contributed by atoms with Crippen LogP contribution in [0.2, 0.25) is 0 Å². The van der Waals surface area contributed by atoms with Crippen molar-refractivity contribution in [3.63, 3.8) is 0 Å². The molecule has 102 valence electrons. The van der Waals surface area contributed by atoms with E-state index in [4.69, 9.17) is 14.9 Å². The number of furan rings is 1. The first-order chi connectivity index (χ1) is 9.26. The zero-order chi connectivity index (χ0) is 13.7. The Morgan fingerprint density at radius 2 is 1.95 bits per heavy atom. The molecule has 1 heterocycles. The Morgan fingerprint density at radius 3 is 2.63 bits per heavy atom. The molecular formula is C16H21NO2. The summed E-state index contributed by atoms with van der Waals surface area (Å²) in [6.07, 6.45) is 1.85. The highest BCUT2D eigenvalue weighted by molar-refractivity contribution is 5.39. The van der Waals surface area contributed by atoms with Crippen molar-refractivity contribution >= 4 is 0 Å². The summed E-state index contributed by atoms with van der Waals surface area (Å²) >= 11 is 0. The maximum absolute atomic E-state index is 6.28. The van der Waals surface area contributed by atoms with Crippen LogP contribution in [0.4, 0.5) is 0 Å². The quantitative estimate of drug-likeness (QED) is 0.860. The highest BCUT2D eigenvalue weighted by atomic mass is 16.5. The third kappa shape index (κ3) is 3.18. The Kier molecular flexibility index (Phi) is 4.63. The number of para-hydroxylation sites is 1. The summed E-state index contributed by atoms with van der Waals surface area (Å²) in [6, 6.07) is 11.5. The van der Waals surface area contributed by atoms with E-state index in [0.29, 0.717) is 6.61 Å². The molecule has 2 aromatic rings. The van der Waals surface area contributed by atoms with Crippen molar-refractivity contribution < 1.29 is 9.15 Å². The molecular weight excluding hydrogens is 238 g/mol. The van der Waals surface area contributed by atoms with Crippen LogP contribution in [-0.2, 0) is 6.42 Å². The molecule has 0 aliphatic rings. The normalized spacial score (nSPS) is 12.4. The van der Waals surface area contributed by atoms with E-state index in [1.165, 1.54) is 0 Å². The fraction of sp³-hybridized carbons (Fsp3) is 0.375. The van der Waals surface area contributed by atoms with Gasteiger partial charge in [-0.3, -0.25) is 0 Å². The predicted octanol–water partition coefficient (Wildman–Crippen LogP) is 3.68. The lowest BCUT2D eigenvalue weighted by Crippen LogP contribution is -2.13. The monoisotopic (exact) mass is 259 g/mol. The number of hydrogen-bond donors (Lipinski definition) is 1. The predicted molar refractivity (Wildman–Crippen MR) is 76.3 cm³/mol. The maximum atomic E-state index is 6.28. The van der Waals surface area contributed by atoms with Gasteiger partial charge in [-0.2, -0.15) is 0 Å². The summed E-state index contributed by atoms with van der Waals surface area (Å²) in [5.41, 5.74) is 7.25. The number of aryl methyl sites for hydroxylation is 1. The van der Waals surface area contributed by atoms with E-state index in [-0.39, 0.29) is 6.04 Å². The Morgan fingerprint density at radius 1 is 1.16 bits per heavy atom. The van der Waals surface area contributed by atoms with Crippen LogP contribution in [0, 0.1) is 0 Å². The van der Waals surface area contributed by atoms with Gasteiger partial charge in [-0.05, 0) is 24.6 Å². The summed E-state index contributed by atoms with van der Waals surface area (Å²) < 4.78 is 11.5. The smallest absolute Gasteiger partial charge is 0.125 e. The van der Waals surface area contributed by atoms with Gasteiger partial charge in [-0.15, -0.1) is 0 Å². The van der Waals surface area contributed by atoms with Crippen LogP contribution in [0.25, 0.3) is 0 Å². The SMILES string of the molecule is CCCOc1ccccc1C(N)c1ccc(CC)o1. The molecule has 1 aromatic heterocycles. The molecule has 0 fully saturated rings. The number of nitrogens with two attached hydrogens (primary N) is 1. The van der Waals surface area contributed by atoms with Gasteiger partial charge in [0, 0.05) is 12.0 Å². The van der Waals surface area contributed by atoms with E-state index in [1.54, 1.807) is 0 Å². The van der Waals surface area contributed by atoms with Gasteiger partial charge < -0.3 is 14.9 Å². The molecule has 1 unspecified atom stereocenters. The van der Waals surface area contributed by atoms with Crippen LogP contribution in [0.3, 0.4) is 0 Å². The minimum atomic E-state index is -0.284. The van der Waals surface area contributed by atoms with E-state index in [9.17, 15) is 0 Å². The van der Waals surface area contributed by atoms with Gasteiger partial charge in [-0.25, -0.2) is 0 Å². The molecule has 0 bridgehead atoms. The molecule has 2 rings (SSSR count). The van der Waals surface area contributed by atoms with Gasteiger partial charge in [0.2, 0.25) is 0 Å². The van der Waals surface area contributed by atoms with E-state index in [1.807, 2.05) is 36.4 Å². The first-order valence-corrected chi connectivity index (χ1v) is 6.82. The summed E-state index contributed by atoms with van der Waals surface area (Å²) in [4.78, 5) is 0. The zero-order valence-corrected chi connectivity index (χ0v) is 11.6. The second-order valence-electron chi connectivity index (χ2n) is 4.52. The number of ether oxygens (including phenoxy) is 1. The maximum Gasteiger partial charge on any atom is 0.125 e. The summed E-state index contributed by atoms with van der Waals surface area (Å²) in [6.45, 7) is 4.84. The van der Waals surface area contributed by atoms with Crippen molar-refractivity contribution in [2.24, 2.45) is 5.73 Å². The van der Waals surface area contributed by atoms with Gasteiger partial charge in [-0.1, -0.05) is 32.0 Å². The molecule has 0 radical (unpaired) electrons. The minimum Gasteiger partial charge on any atom is -0.493 e. The largest absolute Gasteiger partial charge is 0.493 e. The lowest BCUT2D eigenvalue weighted by Gasteiger charge is -2.15. The molecule has 0 saturated heterocycles. The van der Waals surface area contributed by atoms with Crippen molar-refractivity contribution in [1.29, 1.82) is 0 Å². The summed E-state index contributed by atoms with van der Waals surface area (Å²) in [7, 11) is 0. The Hall–Kier alpha value is -1.74. The molecule has 3 heteroatoms. The lowest BCUT2D eigenvalue weighted by molar-refractivity contribution is 0.311. The number of benzene rings is 1. The zero-order valence-electron chi connectivity index (χ0n) is 11.6. The second kappa shape index (κ2) is 6.43. The van der Waals surface area contributed by atoms with Crippen LogP contribution in [0.15, 0.2) is 40.8 Å². The molecule has 1 atom stereocenters. The topological polar surface area (TPSA) is 48.4 Å². The van der Waals surface area contributed by atoms with Crippen molar-refractivity contribution in [1.82, 2.24) is 0 Å². The van der Waals surface area contributed by atoms with Gasteiger partial charge in [0.05, 0.1) is 12.6 Å². The molecule has 0 aliphatic carbocycles. The minimum absolute atomic E-state index is 0.284. The fourth-order valence-electron chi connectivity index (χ4n) is 1.99. The Labute approximate surface area is 114 Å². The molecule has 0 spiro atoms. The third-order valence-corrected chi connectivity index (χ3v) is 3.05. The van der Waals surface area contributed by atoms with E-state index in [0.717, 1.165) is 35.7 Å². The molecule has 0 amide bonds. The molecule has 3 nitrogen and oxygen atoms in total. The van der Waals surface area contributed by atoms with E-state index in [2.05, 4.69) is 13.8 Å². The molecule has 19 heavy (non-hydrogen) atoms. The number of rotatable bonds is 6. The third-order valence-electron chi connectivity index (χ3n) is 3.05. The van der Waals surface area contributed by atoms with Crippen molar-refractivity contribution in [3.05, 3.63) is 53.5 Å². The van der Waals surface area contributed by atoms with E-state index < -0.39 is 0 Å². The van der Waals surface area contributed by atoms with Gasteiger partial charge in [0.15, 0.2) is 0 Å². The van der Waals surface area contributed by atoms with Crippen molar-refractivity contribution in [2.45, 2.75) is 32.7 Å². The van der Waals surface area contributed by atoms with E-state index >= 15 is 0 Å². The van der Waals surface area contributed by atoms with Crippen LogP contribution in [0.1, 0.15) is 43.4 Å². The number of hydrogen-bond acceptors (Lipinski definition) is 3. The lowest BCUT2D eigenvalue weighted by atomic mass is 10.0. The first kappa shape index (κ1) is 13.7. The molecule has 2 N–H and O–H groups in total. The van der Waals surface area contributed by atoms with Gasteiger partial charge in [0.1, 0.15) is 17.3 Å². The second-order valence-corrected chi connectivity index (χ2v) is 4.52. The van der Waals surface area contributed by atoms with Gasteiger partial charge in [0.25, 0.3) is 0 Å². The standard InChI is InChI=1S/C16H21NO2/c1-3-11-18-14-8-6-5-7-13(14)16(17)15-10-9-12(4-2)19-15/h5-10,16H,3-4,11,17H2,1-2H3. The van der Waals surface area contributed by atoms with Crippen LogP contribution < -0.4 is 10.5 Å². The highest BCUT2D eigenvalue weighted by Gasteiger charge is 2.17. The van der Waals surface area contributed by atoms with Crippen LogP contribution in [-0.4, -0.2) is 6.61 Å². The first-order valence-electron chi connectivity index (χ1n) is 6.82. The molecule has 0 saturated carbocycles. The van der Waals surface area contributed by atoms with Crippen molar-refractivity contribution in [3.8, 4) is 5.75 Å². The summed E-state index contributed by atoms with van der Waals surface area (Å²) in [5, 5.41) is 0.